The number of aryl methyl sites for hydroxylation is 1. The normalized spacial score (nSPS) is 11.5. The van der Waals surface area contributed by atoms with E-state index < -0.39 is 20.7 Å². The smallest absolute Gasteiger partial charge is 1.00 e. The second-order valence-electron chi connectivity index (χ2n) is 4.85. The van der Waals surface area contributed by atoms with Gasteiger partial charge >= 0.3 is 104 Å². The Bertz CT molecular complexity index is 580. The minimum atomic E-state index is -4.89. The molecule has 0 saturated carbocycles. The Balaban J connectivity index is -0.000000220. The maximum atomic E-state index is 11.0. The molecule has 11 nitrogen and oxygen atoms in total. The summed E-state index contributed by atoms with van der Waals surface area (Å²) in [5, 5.41) is 14.1. The Hall–Kier alpha value is 2.68. The van der Waals surface area contributed by atoms with Crippen LogP contribution < -0.4 is 94.0 Å². The summed E-state index contributed by atoms with van der Waals surface area (Å²) in [4.78, 5) is 35.7. The molecule has 0 aliphatic rings. The fourth-order valence-corrected chi connectivity index (χ4v) is 4.90. The third-order valence-electron chi connectivity index (χ3n) is 2.85. The summed E-state index contributed by atoms with van der Waals surface area (Å²) in [5.41, 5.74) is -2.13. The first-order valence-electron chi connectivity index (χ1n) is 6.81. The van der Waals surface area contributed by atoms with Gasteiger partial charge in [-0.25, -0.2) is 4.68 Å². The molecule has 0 radical (unpaired) electrons. The van der Waals surface area contributed by atoms with E-state index in [0.717, 1.165) is 30.2 Å². The summed E-state index contributed by atoms with van der Waals surface area (Å²) in [6.07, 6.45) is 3.14. The second-order valence-corrected chi connectivity index (χ2v) is 9.71. The van der Waals surface area contributed by atoms with E-state index in [0.29, 0.717) is 6.42 Å². The number of unbranched alkanes of at least 4 members (excludes halogenated alkanes) is 3. The third kappa shape index (κ3) is 13.8. The van der Waals surface area contributed by atoms with Gasteiger partial charge < -0.3 is 23.9 Å². The van der Waals surface area contributed by atoms with Gasteiger partial charge in [-0.05, 0) is 29.8 Å². The van der Waals surface area contributed by atoms with Crippen molar-refractivity contribution in [2.45, 2.75) is 36.4 Å². The number of tetrazole rings is 1. The Morgan fingerprint density at radius 1 is 1.08 bits per heavy atom. The van der Waals surface area contributed by atoms with Crippen molar-refractivity contribution < 1.29 is 122 Å². The zero-order valence-electron chi connectivity index (χ0n) is 18.5. The van der Waals surface area contributed by atoms with Crippen LogP contribution in [0.3, 0.4) is 0 Å². The first-order chi connectivity index (χ1) is 10.6. The van der Waals surface area contributed by atoms with Crippen molar-refractivity contribution in [2.24, 2.45) is 7.05 Å². The van der Waals surface area contributed by atoms with Crippen LogP contribution in [0, 0.1) is 0 Å². The number of hydrogen-bond donors (Lipinski definition) is 5. The van der Waals surface area contributed by atoms with Gasteiger partial charge in [0.1, 0.15) is 0 Å². The molecule has 140 valence electrons. The first-order valence-corrected chi connectivity index (χ1v) is 11.2. The Labute approximate surface area is 227 Å². The van der Waals surface area contributed by atoms with Crippen molar-refractivity contribution in [3.05, 3.63) is 0 Å². The molecule has 17 heteroatoms. The summed E-state index contributed by atoms with van der Waals surface area (Å²) in [6.45, 7) is 0.126. The van der Waals surface area contributed by atoms with E-state index in [1.165, 1.54) is 11.8 Å². The minimum absolute atomic E-state index is 0. The molecule has 0 aliphatic carbocycles. The average Bonchev–Trinajstić information content (AvgIpc) is 2.79. The second kappa shape index (κ2) is 16.4. The molecule has 1 heterocycles. The molecule has 0 unspecified atom stereocenters. The predicted octanol–water partition coefficient (Wildman–Crippen LogP) is -8.56. The van der Waals surface area contributed by atoms with Gasteiger partial charge in [-0.1, -0.05) is 24.6 Å². The molecule has 1 rings (SSSR count). The fraction of sp³-hybridized carbons (Fsp3) is 0.889. The molecule has 0 aromatic carbocycles. The van der Waals surface area contributed by atoms with Gasteiger partial charge in [-0.3, -0.25) is 14.4 Å². The molecule has 0 saturated heterocycles. The number of hydrogen-bond acceptors (Lipinski definition) is 7. The van der Waals surface area contributed by atoms with Gasteiger partial charge in [0.05, 0.1) is 0 Å². The monoisotopic (exact) mass is 461 g/mol. The molecular formula is C9H24N5Na3O6P2S. The van der Waals surface area contributed by atoms with Crippen LogP contribution in [-0.2, 0) is 16.2 Å². The molecule has 0 spiro atoms. The van der Waals surface area contributed by atoms with Crippen LogP contribution in [-0.4, -0.2) is 57.6 Å². The van der Waals surface area contributed by atoms with E-state index in [4.69, 9.17) is 19.6 Å². The van der Waals surface area contributed by atoms with Crippen molar-refractivity contribution >= 4 is 27.0 Å². The molecule has 26 heavy (non-hydrogen) atoms. The van der Waals surface area contributed by atoms with Crippen LogP contribution in [0.15, 0.2) is 5.16 Å². The SMILES string of the molecule is Cn1nnnc1SCCCCCCNC(P(=O)(O)O)P(=O)(O)O.[H-].[H-].[H-].[Na+].[Na+].[Na+]. The van der Waals surface area contributed by atoms with E-state index >= 15 is 0 Å². The third-order valence-corrected chi connectivity index (χ3v) is 7.39. The van der Waals surface area contributed by atoms with Crippen LogP contribution in [0.1, 0.15) is 30.0 Å². The zero-order chi connectivity index (χ0) is 17.5. The largest absolute Gasteiger partial charge is 1.00 e. The number of aromatic nitrogens is 4. The summed E-state index contributed by atoms with van der Waals surface area (Å²) in [6, 6.07) is 0. The average molecular weight is 461 g/mol. The van der Waals surface area contributed by atoms with Gasteiger partial charge in [0.25, 0.3) is 0 Å². The van der Waals surface area contributed by atoms with Crippen molar-refractivity contribution in [3.8, 4) is 0 Å². The van der Waals surface area contributed by atoms with Crippen molar-refractivity contribution in [1.82, 2.24) is 25.5 Å². The quantitative estimate of drug-likeness (QED) is 0.0918. The number of thioether (sulfide) groups is 1. The topological polar surface area (TPSA) is 171 Å². The maximum Gasteiger partial charge on any atom is 1.00 e. The standard InChI is InChI=1S/C9H21N5O6P2S.3Na.3H/c1-14-8(11-12-13-14)23-7-5-3-2-4-6-10-9(21(15,16)17)22(18,19)20;;;;;;/h9-10H,2-7H2,1H3,(H2,15,16,17)(H2,18,19,20);;;;;;/q;3*+1;3*-1. The molecule has 1 aromatic heterocycles. The van der Waals surface area contributed by atoms with Gasteiger partial charge in [0, 0.05) is 12.8 Å². The van der Waals surface area contributed by atoms with Crippen LogP contribution in [0.4, 0.5) is 0 Å². The van der Waals surface area contributed by atoms with Gasteiger partial charge in [-0.2, -0.15) is 0 Å². The molecular weight excluding hydrogens is 437 g/mol. The first kappa shape index (κ1) is 33.3. The zero-order valence-corrected chi connectivity index (χ0v) is 24.1. The van der Waals surface area contributed by atoms with E-state index in [2.05, 4.69) is 20.8 Å². The summed E-state index contributed by atoms with van der Waals surface area (Å²) in [5.74, 6) is 0.842. The number of rotatable bonds is 11. The molecule has 0 fully saturated rings. The summed E-state index contributed by atoms with van der Waals surface area (Å²) >= 11 is 1.53. The van der Waals surface area contributed by atoms with Gasteiger partial charge in [0.2, 0.25) is 10.7 Å². The van der Waals surface area contributed by atoms with E-state index in [1.807, 2.05) is 0 Å². The molecule has 0 bridgehead atoms. The van der Waals surface area contributed by atoms with Crippen LogP contribution in [0.25, 0.3) is 0 Å². The minimum Gasteiger partial charge on any atom is -1.00 e. The fourth-order valence-electron chi connectivity index (χ4n) is 1.75. The van der Waals surface area contributed by atoms with Crippen molar-refractivity contribution in [3.63, 3.8) is 0 Å². The predicted molar refractivity (Wildman–Crippen MR) is 87.2 cm³/mol. The number of nitrogens with one attached hydrogen (secondary N) is 1. The number of nitrogens with zero attached hydrogens (tertiary/aromatic N) is 4. The molecule has 0 amide bonds. The molecule has 5 N–H and O–H groups in total. The maximum absolute atomic E-state index is 11.0. The van der Waals surface area contributed by atoms with Crippen LogP contribution >= 0.6 is 27.0 Å². The van der Waals surface area contributed by atoms with Crippen LogP contribution in [0.5, 0.6) is 0 Å². The van der Waals surface area contributed by atoms with Crippen LogP contribution in [0.2, 0.25) is 0 Å². The van der Waals surface area contributed by atoms with E-state index in [-0.39, 0.29) is 99.5 Å². The van der Waals surface area contributed by atoms with Gasteiger partial charge in [-0.15, -0.1) is 5.10 Å². The van der Waals surface area contributed by atoms with E-state index in [1.54, 1.807) is 11.7 Å². The Kier molecular flexibility index (Phi) is 21.0. The van der Waals surface area contributed by atoms with Crippen molar-refractivity contribution in [2.75, 3.05) is 12.3 Å². The summed E-state index contributed by atoms with van der Waals surface area (Å²) in [7, 11) is -8.03. The van der Waals surface area contributed by atoms with Gasteiger partial charge in [0.15, 0.2) is 0 Å². The Morgan fingerprint density at radius 2 is 1.62 bits per heavy atom. The van der Waals surface area contributed by atoms with Crippen molar-refractivity contribution in [1.29, 1.82) is 0 Å². The molecule has 0 atom stereocenters. The van der Waals surface area contributed by atoms with E-state index in [9.17, 15) is 9.13 Å². The summed E-state index contributed by atoms with van der Waals surface area (Å²) < 4.78 is 23.7. The Morgan fingerprint density at radius 3 is 2.08 bits per heavy atom. The molecule has 1 aromatic rings. The molecule has 0 aliphatic heterocycles.